The maximum atomic E-state index is 10.5. The minimum absolute atomic E-state index is 0.111. The van der Waals surface area contributed by atoms with Crippen molar-refractivity contribution in [3.8, 4) is 0 Å². The van der Waals surface area contributed by atoms with Gasteiger partial charge in [0.15, 0.2) is 0 Å². The fraction of sp³-hybridized carbons (Fsp3) is 0.125. The van der Waals surface area contributed by atoms with Crippen molar-refractivity contribution in [2.75, 3.05) is 0 Å². The highest BCUT2D eigenvalue weighted by molar-refractivity contribution is 6.30. The topological polar surface area (TPSA) is 56.0 Å². The van der Waals surface area contributed by atoms with E-state index in [1.54, 1.807) is 6.92 Å². The number of nitro groups is 1. The predicted molar refractivity (Wildman–Crippen MR) is 50.6 cm³/mol. The molecule has 1 aromatic rings. The highest BCUT2D eigenvalue weighted by Crippen LogP contribution is 2.25. The van der Waals surface area contributed by atoms with Crippen LogP contribution in [0.1, 0.15) is 12.6 Å². The molecule has 0 amide bonds. The zero-order valence-electron chi connectivity index (χ0n) is 6.95. The number of rotatable bonds is 2. The lowest BCUT2D eigenvalue weighted by atomic mass is 10.2. The van der Waals surface area contributed by atoms with Crippen LogP contribution in [0.2, 0.25) is 5.02 Å². The molecule has 1 heterocycles. The Morgan fingerprint density at radius 1 is 1.77 bits per heavy atom. The van der Waals surface area contributed by atoms with Crippen LogP contribution in [0, 0.1) is 10.1 Å². The summed E-state index contributed by atoms with van der Waals surface area (Å²) in [5.41, 5.74) is 0.706. The Balaban J connectivity index is 3.35. The zero-order chi connectivity index (χ0) is 10.0. The molecule has 0 radical (unpaired) electrons. The molecule has 13 heavy (non-hydrogen) atoms. The van der Waals surface area contributed by atoms with Crippen LogP contribution in [0.3, 0.4) is 0 Å². The summed E-state index contributed by atoms with van der Waals surface area (Å²) in [6.45, 7) is 5.24. The Kier molecular flexibility index (Phi) is 2.63. The van der Waals surface area contributed by atoms with Crippen LogP contribution in [0.5, 0.6) is 0 Å². The first-order chi connectivity index (χ1) is 6.02. The zero-order valence-corrected chi connectivity index (χ0v) is 7.71. The van der Waals surface area contributed by atoms with Gasteiger partial charge in [0.25, 0.3) is 5.69 Å². The van der Waals surface area contributed by atoms with Gasteiger partial charge in [-0.05, 0) is 12.5 Å². The molecule has 0 aromatic carbocycles. The minimum atomic E-state index is -0.525. The first-order valence-corrected chi connectivity index (χ1v) is 3.86. The lowest BCUT2D eigenvalue weighted by Crippen LogP contribution is -1.96. The van der Waals surface area contributed by atoms with Crippen LogP contribution >= 0.6 is 11.6 Å². The van der Waals surface area contributed by atoms with Gasteiger partial charge in [0.2, 0.25) is 0 Å². The largest absolute Gasteiger partial charge is 0.296 e. The van der Waals surface area contributed by atoms with Crippen molar-refractivity contribution in [3.05, 3.63) is 39.7 Å². The smallest absolute Gasteiger partial charge is 0.258 e. The third-order valence-corrected chi connectivity index (χ3v) is 1.64. The van der Waals surface area contributed by atoms with Crippen molar-refractivity contribution >= 4 is 22.9 Å². The van der Waals surface area contributed by atoms with Gasteiger partial charge in [-0.25, -0.2) is 4.98 Å². The van der Waals surface area contributed by atoms with Gasteiger partial charge in [-0.15, -0.1) is 0 Å². The molecule has 1 aromatic heterocycles. The second-order valence-electron chi connectivity index (χ2n) is 2.56. The Hall–Kier alpha value is -1.42. The summed E-state index contributed by atoms with van der Waals surface area (Å²) in [4.78, 5) is 13.8. The van der Waals surface area contributed by atoms with E-state index in [-0.39, 0.29) is 16.4 Å². The number of allylic oxidation sites excluding steroid dienone is 1. The SMILES string of the molecule is C=C(C)c1ncc(Cl)cc1[N+](=O)[O-]. The second-order valence-corrected chi connectivity index (χ2v) is 3.00. The first kappa shape index (κ1) is 9.67. The molecule has 0 aliphatic heterocycles. The van der Waals surface area contributed by atoms with Crippen LogP contribution in [0.15, 0.2) is 18.8 Å². The molecule has 5 heteroatoms. The maximum Gasteiger partial charge on any atom is 0.296 e. The van der Waals surface area contributed by atoms with E-state index in [0.29, 0.717) is 5.57 Å². The van der Waals surface area contributed by atoms with Gasteiger partial charge < -0.3 is 0 Å². The number of hydrogen-bond acceptors (Lipinski definition) is 3. The van der Waals surface area contributed by atoms with Crippen molar-refractivity contribution in [1.82, 2.24) is 4.98 Å². The average molecular weight is 199 g/mol. The average Bonchev–Trinajstić information content (AvgIpc) is 2.03. The molecule has 0 atom stereocenters. The van der Waals surface area contributed by atoms with E-state index in [0.717, 1.165) is 0 Å². The molecule has 0 aliphatic rings. The Labute approximate surface area is 80.0 Å². The normalized spacial score (nSPS) is 9.69. The van der Waals surface area contributed by atoms with Gasteiger partial charge in [-0.3, -0.25) is 10.1 Å². The van der Waals surface area contributed by atoms with Gasteiger partial charge in [-0.1, -0.05) is 18.2 Å². The summed E-state index contributed by atoms with van der Waals surface area (Å²) >= 11 is 5.57. The third-order valence-electron chi connectivity index (χ3n) is 1.44. The number of hydrogen-bond donors (Lipinski definition) is 0. The summed E-state index contributed by atoms with van der Waals surface area (Å²) in [6.07, 6.45) is 1.36. The van der Waals surface area contributed by atoms with E-state index in [9.17, 15) is 10.1 Å². The molecular weight excluding hydrogens is 192 g/mol. The first-order valence-electron chi connectivity index (χ1n) is 3.48. The van der Waals surface area contributed by atoms with E-state index in [1.807, 2.05) is 0 Å². The number of pyridine rings is 1. The van der Waals surface area contributed by atoms with Crippen molar-refractivity contribution in [2.24, 2.45) is 0 Å². The summed E-state index contributed by atoms with van der Waals surface area (Å²) in [6, 6.07) is 1.26. The highest BCUT2D eigenvalue weighted by atomic mass is 35.5. The molecular formula is C8H7ClN2O2. The standard InChI is InChI=1S/C8H7ClN2O2/c1-5(2)8-7(11(12)13)3-6(9)4-10-8/h3-4H,1H2,2H3. The molecule has 0 saturated carbocycles. The van der Waals surface area contributed by atoms with E-state index in [2.05, 4.69) is 11.6 Å². The van der Waals surface area contributed by atoms with Gasteiger partial charge in [0.1, 0.15) is 5.69 Å². The Morgan fingerprint density at radius 3 is 2.85 bits per heavy atom. The number of halogens is 1. The van der Waals surface area contributed by atoms with Crippen LogP contribution < -0.4 is 0 Å². The third kappa shape index (κ3) is 2.03. The summed E-state index contributed by atoms with van der Waals surface area (Å²) in [7, 11) is 0. The van der Waals surface area contributed by atoms with Crippen molar-refractivity contribution in [3.63, 3.8) is 0 Å². The molecule has 0 saturated heterocycles. The van der Waals surface area contributed by atoms with E-state index >= 15 is 0 Å². The van der Waals surface area contributed by atoms with Crippen LogP contribution in [-0.4, -0.2) is 9.91 Å². The van der Waals surface area contributed by atoms with Gasteiger partial charge >= 0.3 is 0 Å². The molecule has 0 spiro atoms. The summed E-state index contributed by atoms with van der Waals surface area (Å²) in [5, 5.41) is 10.8. The fourth-order valence-electron chi connectivity index (χ4n) is 0.897. The number of nitrogens with zero attached hydrogens (tertiary/aromatic N) is 2. The fourth-order valence-corrected chi connectivity index (χ4v) is 1.05. The Morgan fingerprint density at radius 2 is 2.38 bits per heavy atom. The van der Waals surface area contributed by atoms with E-state index in [1.165, 1.54) is 12.3 Å². The molecule has 0 bridgehead atoms. The lowest BCUT2D eigenvalue weighted by molar-refractivity contribution is -0.385. The van der Waals surface area contributed by atoms with E-state index in [4.69, 9.17) is 11.6 Å². The van der Waals surface area contributed by atoms with Gasteiger partial charge in [0, 0.05) is 12.3 Å². The Bertz CT molecular complexity index is 376. The molecule has 1 rings (SSSR count). The minimum Gasteiger partial charge on any atom is -0.258 e. The predicted octanol–water partition coefficient (Wildman–Crippen LogP) is 2.68. The molecule has 0 fully saturated rings. The quantitative estimate of drug-likeness (QED) is 0.542. The van der Waals surface area contributed by atoms with E-state index < -0.39 is 4.92 Å². The monoisotopic (exact) mass is 198 g/mol. The lowest BCUT2D eigenvalue weighted by Gasteiger charge is -2.00. The highest BCUT2D eigenvalue weighted by Gasteiger charge is 2.15. The molecule has 0 N–H and O–H groups in total. The summed E-state index contributed by atoms with van der Waals surface area (Å²) < 4.78 is 0. The molecule has 68 valence electrons. The van der Waals surface area contributed by atoms with Crippen molar-refractivity contribution in [1.29, 1.82) is 0 Å². The summed E-state index contributed by atoms with van der Waals surface area (Å²) in [5.74, 6) is 0. The van der Waals surface area contributed by atoms with Crippen LogP contribution in [0.25, 0.3) is 5.57 Å². The number of aromatic nitrogens is 1. The van der Waals surface area contributed by atoms with Crippen molar-refractivity contribution in [2.45, 2.75) is 6.92 Å². The van der Waals surface area contributed by atoms with Crippen molar-refractivity contribution < 1.29 is 4.92 Å². The second kappa shape index (κ2) is 3.53. The molecule has 4 nitrogen and oxygen atoms in total. The van der Waals surface area contributed by atoms with Crippen LogP contribution in [0.4, 0.5) is 5.69 Å². The molecule has 0 unspecified atom stereocenters. The van der Waals surface area contributed by atoms with Gasteiger partial charge in [-0.2, -0.15) is 0 Å². The molecule has 0 aliphatic carbocycles. The van der Waals surface area contributed by atoms with Gasteiger partial charge in [0.05, 0.1) is 9.95 Å². The van der Waals surface area contributed by atoms with Crippen LogP contribution in [-0.2, 0) is 0 Å². The maximum absolute atomic E-state index is 10.5.